The molecule has 1 aromatic carbocycles. The lowest BCUT2D eigenvalue weighted by molar-refractivity contribution is -0.184. The Labute approximate surface area is 239 Å². The fourth-order valence-electron chi connectivity index (χ4n) is 6.71. The molecule has 2 heterocycles. The Morgan fingerprint density at radius 3 is 2.42 bits per heavy atom. The van der Waals surface area contributed by atoms with Crippen molar-refractivity contribution in [2.24, 2.45) is 5.41 Å². The number of ketones is 1. The Hall–Kier alpha value is -2.79. The summed E-state index contributed by atoms with van der Waals surface area (Å²) in [5, 5.41) is 19.7. The van der Waals surface area contributed by atoms with Gasteiger partial charge in [-0.05, 0) is 91.9 Å². The number of ether oxygens (including phenoxy) is 3. The number of nitrogens with zero attached hydrogens (tertiary/aromatic N) is 1. The van der Waals surface area contributed by atoms with Crippen molar-refractivity contribution in [3.05, 3.63) is 52.7 Å². The molecule has 1 aromatic rings. The van der Waals surface area contributed by atoms with E-state index in [0.717, 1.165) is 50.5 Å². The zero-order chi connectivity index (χ0) is 29.0. The van der Waals surface area contributed by atoms with Crippen molar-refractivity contribution in [2.75, 3.05) is 27.4 Å². The largest absolute Gasteiger partial charge is 0.382 e. The number of methoxy groups -OCH3 is 2. The average molecular weight is 548 g/mol. The van der Waals surface area contributed by atoms with Gasteiger partial charge in [0.25, 0.3) is 0 Å². The molecule has 2 fully saturated rings. The van der Waals surface area contributed by atoms with E-state index < -0.39 is 0 Å². The molecular weight excluding hydrogens is 502 g/mol. The topological polar surface area (TPSA) is 104 Å². The molecule has 7 nitrogen and oxygen atoms in total. The molecule has 3 atom stereocenters. The fraction of sp³-hybridized carbons (Fsp3) is 0.606. The molecule has 1 aliphatic carbocycles. The molecule has 0 amide bonds. The third-order valence-electron chi connectivity index (χ3n) is 8.95. The number of hydrogen-bond donors (Lipinski definition) is 2. The Morgan fingerprint density at radius 2 is 1.85 bits per heavy atom. The number of allylic oxidation sites excluding steroid dienone is 3. The van der Waals surface area contributed by atoms with Crippen LogP contribution >= 0.6 is 0 Å². The Kier molecular flexibility index (Phi) is 9.34. The van der Waals surface area contributed by atoms with Crippen LogP contribution in [0.3, 0.4) is 0 Å². The molecule has 2 saturated heterocycles. The first-order valence-electron chi connectivity index (χ1n) is 14.5. The molecule has 2 bridgehead atoms. The Morgan fingerprint density at radius 1 is 1.18 bits per heavy atom. The van der Waals surface area contributed by atoms with E-state index in [1.165, 1.54) is 22.9 Å². The van der Waals surface area contributed by atoms with Gasteiger partial charge in [0, 0.05) is 32.4 Å². The van der Waals surface area contributed by atoms with E-state index in [1.807, 2.05) is 6.07 Å². The van der Waals surface area contributed by atoms with Gasteiger partial charge in [-0.25, -0.2) is 0 Å². The quantitative estimate of drug-likeness (QED) is 0.193. The molecule has 0 saturated carbocycles. The highest BCUT2D eigenvalue weighted by atomic mass is 16.6. The van der Waals surface area contributed by atoms with Crippen LogP contribution < -0.4 is 5.32 Å². The number of rotatable bonds is 11. The molecule has 216 valence electrons. The number of nitrogens with one attached hydrogen (secondary N) is 2. The van der Waals surface area contributed by atoms with E-state index in [9.17, 15) is 4.79 Å². The van der Waals surface area contributed by atoms with Gasteiger partial charge in [0.2, 0.25) is 0 Å². The van der Waals surface area contributed by atoms with Gasteiger partial charge in [-0.3, -0.25) is 10.2 Å². The van der Waals surface area contributed by atoms with Crippen LogP contribution in [0.1, 0.15) is 94.7 Å². The molecule has 0 aromatic heterocycles. The SMILES string of the molecule is COC[C@@]12CC[C@@](COC)(C[C@@H](c3ccc(CCC(=O)C(=N)N/C=C(\C)C#N)c(C4=CCC(C)(C)CC4)c3)C1)O2. The summed E-state index contributed by atoms with van der Waals surface area (Å²) >= 11 is 0. The summed E-state index contributed by atoms with van der Waals surface area (Å²) in [5.74, 6) is -0.111. The van der Waals surface area contributed by atoms with Crippen LogP contribution in [0, 0.1) is 22.2 Å². The highest BCUT2D eigenvalue weighted by Crippen LogP contribution is 2.54. The van der Waals surface area contributed by atoms with Gasteiger partial charge in [0.05, 0.1) is 30.5 Å². The third-order valence-corrected chi connectivity index (χ3v) is 8.95. The number of fused-ring (bicyclic) bond motifs is 2. The number of carbonyl (C=O) groups excluding carboxylic acids is 1. The second-order valence-electron chi connectivity index (χ2n) is 12.8. The van der Waals surface area contributed by atoms with Crippen molar-refractivity contribution in [3.8, 4) is 6.07 Å². The average Bonchev–Trinajstić information content (AvgIpc) is 3.19. The van der Waals surface area contributed by atoms with E-state index in [-0.39, 0.29) is 29.2 Å². The van der Waals surface area contributed by atoms with Gasteiger partial charge < -0.3 is 19.5 Å². The van der Waals surface area contributed by atoms with Crippen LogP contribution in [0.15, 0.2) is 36.0 Å². The minimum absolute atomic E-state index is 0.184. The maximum atomic E-state index is 12.7. The number of Topliss-reactive ketones (excluding diaryl/α,β-unsaturated/α-hetero) is 1. The maximum Gasteiger partial charge on any atom is 0.197 e. The number of benzene rings is 1. The van der Waals surface area contributed by atoms with E-state index in [0.29, 0.717) is 36.5 Å². The molecule has 0 radical (unpaired) electrons. The van der Waals surface area contributed by atoms with E-state index in [1.54, 1.807) is 21.1 Å². The molecule has 4 rings (SSSR count). The summed E-state index contributed by atoms with van der Waals surface area (Å²) in [6.45, 7) is 7.45. The molecule has 2 aliphatic heterocycles. The van der Waals surface area contributed by atoms with Crippen molar-refractivity contribution < 1.29 is 19.0 Å². The standard InChI is InChI=1S/C33H45N3O4/c1-23(19-34)20-36-30(35)29(37)9-8-24-6-7-26(16-28(24)25-10-12-31(2,3)13-11-25)27-17-32(21-38-4)14-15-33(18-27,40-32)22-39-5/h6-7,10,16,20,27H,8-9,11-15,17-18,21-22H2,1-5H3,(H2,35,36)/b23-20+/t27-,32+,33-. The lowest BCUT2D eigenvalue weighted by Crippen LogP contribution is -2.48. The van der Waals surface area contributed by atoms with E-state index in [2.05, 4.69) is 43.4 Å². The van der Waals surface area contributed by atoms with Crippen LogP contribution in [-0.4, -0.2) is 50.3 Å². The van der Waals surface area contributed by atoms with Gasteiger partial charge in [0.1, 0.15) is 0 Å². The smallest absolute Gasteiger partial charge is 0.197 e. The van der Waals surface area contributed by atoms with Gasteiger partial charge in [0.15, 0.2) is 11.6 Å². The van der Waals surface area contributed by atoms with Gasteiger partial charge in [-0.1, -0.05) is 38.1 Å². The summed E-state index contributed by atoms with van der Waals surface area (Å²) in [6, 6.07) is 8.78. The summed E-state index contributed by atoms with van der Waals surface area (Å²) in [6.07, 6.45) is 11.6. The van der Waals surface area contributed by atoms with Crippen molar-refractivity contribution in [3.63, 3.8) is 0 Å². The summed E-state index contributed by atoms with van der Waals surface area (Å²) in [4.78, 5) is 12.7. The van der Waals surface area contributed by atoms with Crippen LogP contribution in [0.5, 0.6) is 0 Å². The number of aryl methyl sites for hydroxylation is 1. The summed E-state index contributed by atoms with van der Waals surface area (Å²) < 4.78 is 17.9. The maximum absolute atomic E-state index is 12.7. The summed E-state index contributed by atoms with van der Waals surface area (Å²) in [5.41, 5.74) is 5.22. The van der Waals surface area contributed by atoms with Crippen LogP contribution in [0.25, 0.3) is 5.57 Å². The monoisotopic (exact) mass is 547 g/mol. The highest BCUT2D eigenvalue weighted by Gasteiger charge is 2.55. The molecule has 0 unspecified atom stereocenters. The zero-order valence-electron chi connectivity index (χ0n) is 24.8. The Balaban J connectivity index is 1.60. The number of nitriles is 1. The predicted octanol–water partition coefficient (Wildman–Crippen LogP) is 6.23. The van der Waals surface area contributed by atoms with Crippen molar-refractivity contribution in [1.29, 1.82) is 10.7 Å². The second kappa shape index (κ2) is 12.4. The molecule has 3 aliphatic rings. The normalized spacial score (nSPS) is 27.6. The van der Waals surface area contributed by atoms with Crippen LogP contribution in [-0.2, 0) is 25.4 Å². The Bertz CT molecular complexity index is 1200. The second-order valence-corrected chi connectivity index (χ2v) is 12.8. The fourth-order valence-corrected chi connectivity index (χ4v) is 6.71. The van der Waals surface area contributed by atoms with Gasteiger partial charge in [-0.15, -0.1) is 0 Å². The molecular formula is C33H45N3O4. The van der Waals surface area contributed by atoms with Gasteiger partial charge >= 0.3 is 0 Å². The van der Waals surface area contributed by atoms with Crippen molar-refractivity contribution in [2.45, 2.75) is 95.7 Å². The molecule has 7 heteroatoms. The van der Waals surface area contributed by atoms with Gasteiger partial charge in [-0.2, -0.15) is 5.26 Å². The molecule has 40 heavy (non-hydrogen) atoms. The zero-order valence-corrected chi connectivity index (χ0v) is 24.8. The minimum atomic E-state index is -0.276. The number of carbonyl (C=O) groups is 1. The molecule has 2 N–H and O–H groups in total. The van der Waals surface area contributed by atoms with Crippen molar-refractivity contribution >= 4 is 17.2 Å². The predicted molar refractivity (Wildman–Crippen MR) is 157 cm³/mol. The first-order chi connectivity index (χ1) is 19.0. The van der Waals surface area contributed by atoms with Crippen molar-refractivity contribution in [1.82, 2.24) is 5.32 Å². The third kappa shape index (κ3) is 6.91. The molecule has 0 spiro atoms. The summed E-state index contributed by atoms with van der Waals surface area (Å²) in [7, 11) is 3.50. The first-order valence-corrected chi connectivity index (χ1v) is 14.5. The minimum Gasteiger partial charge on any atom is -0.382 e. The first kappa shape index (κ1) is 30.2. The lowest BCUT2D eigenvalue weighted by Gasteiger charge is -2.44. The number of amidine groups is 1. The highest BCUT2D eigenvalue weighted by molar-refractivity contribution is 6.37. The van der Waals surface area contributed by atoms with E-state index in [4.69, 9.17) is 24.9 Å². The van der Waals surface area contributed by atoms with E-state index >= 15 is 0 Å². The lowest BCUT2D eigenvalue weighted by atomic mass is 9.75. The van der Waals surface area contributed by atoms with Crippen LogP contribution in [0.2, 0.25) is 0 Å². The van der Waals surface area contributed by atoms with Crippen LogP contribution in [0.4, 0.5) is 0 Å². The number of hydrogen-bond acceptors (Lipinski definition) is 6.